The SMILES string of the molecule is COc1ccc(Cl)cc1-n1nnc(-c2nc(-c3ccc4c(c3)OCO4)cs2)c1N. The molecule has 2 aromatic heterocycles. The van der Waals surface area contributed by atoms with Crippen LogP contribution in [0.25, 0.3) is 27.6 Å². The van der Waals surface area contributed by atoms with Crippen LogP contribution in [0.4, 0.5) is 5.82 Å². The number of methoxy groups -OCH3 is 1. The van der Waals surface area contributed by atoms with Crippen LogP contribution in [0, 0.1) is 0 Å². The first-order valence-electron chi connectivity index (χ1n) is 8.55. The topological polar surface area (TPSA) is 97.3 Å². The van der Waals surface area contributed by atoms with Crippen LogP contribution < -0.4 is 19.9 Å². The first-order chi connectivity index (χ1) is 14.1. The number of aromatic nitrogens is 4. The zero-order valence-electron chi connectivity index (χ0n) is 15.1. The van der Waals surface area contributed by atoms with Crippen molar-refractivity contribution in [2.75, 3.05) is 19.6 Å². The average molecular weight is 428 g/mol. The molecule has 0 bridgehead atoms. The highest BCUT2D eigenvalue weighted by molar-refractivity contribution is 7.13. The molecule has 0 unspecified atom stereocenters. The minimum absolute atomic E-state index is 0.230. The zero-order valence-corrected chi connectivity index (χ0v) is 16.7. The maximum atomic E-state index is 6.33. The summed E-state index contributed by atoms with van der Waals surface area (Å²) in [6.07, 6.45) is 0. The lowest BCUT2D eigenvalue weighted by Gasteiger charge is -2.09. The van der Waals surface area contributed by atoms with Crippen molar-refractivity contribution in [1.82, 2.24) is 20.0 Å². The molecule has 4 aromatic rings. The molecule has 0 saturated carbocycles. The second kappa shape index (κ2) is 6.94. The molecule has 146 valence electrons. The molecule has 2 N–H and O–H groups in total. The molecule has 29 heavy (non-hydrogen) atoms. The number of benzene rings is 2. The molecule has 0 saturated heterocycles. The van der Waals surface area contributed by atoms with Gasteiger partial charge in [0.15, 0.2) is 23.0 Å². The number of nitrogen functional groups attached to an aromatic ring is 1. The molecule has 2 aromatic carbocycles. The standard InChI is InChI=1S/C19H14ClN5O3S/c1-26-14-5-3-11(20)7-13(14)25-18(21)17(23-24-25)19-22-12(8-29-19)10-2-4-15-16(6-10)28-9-27-15/h2-8H,9,21H2,1H3. The van der Waals surface area contributed by atoms with Gasteiger partial charge in [-0.2, -0.15) is 4.68 Å². The largest absolute Gasteiger partial charge is 0.494 e. The van der Waals surface area contributed by atoms with Crippen molar-refractivity contribution in [3.63, 3.8) is 0 Å². The first kappa shape index (κ1) is 17.8. The number of fused-ring (bicyclic) bond motifs is 1. The van der Waals surface area contributed by atoms with Gasteiger partial charge in [0.05, 0.1) is 12.8 Å². The quantitative estimate of drug-likeness (QED) is 0.525. The lowest BCUT2D eigenvalue weighted by Crippen LogP contribution is -2.04. The van der Waals surface area contributed by atoms with Crippen LogP contribution in [-0.4, -0.2) is 33.9 Å². The number of ether oxygens (including phenoxy) is 3. The van der Waals surface area contributed by atoms with Crippen LogP contribution in [0.15, 0.2) is 41.8 Å². The van der Waals surface area contributed by atoms with Gasteiger partial charge in [-0.15, -0.1) is 16.4 Å². The number of halogens is 1. The lowest BCUT2D eigenvalue weighted by molar-refractivity contribution is 0.174. The molecule has 0 spiro atoms. The molecule has 0 amide bonds. The molecule has 1 aliphatic rings. The molecular weight excluding hydrogens is 414 g/mol. The summed E-state index contributed by atoms with van der Waals surface area (Å²) in [6.45, 7) is 0.230. The Morgan fingerprint density at radius 2 is 2.03 bits per heavy atom. The van der Waals surface area contributed by atoms with Crippen LogP contribution in [-0.2, 0) is 0 Å². The van der Waals surface area contributed by atoms with E-state index in [1.54, 1.807) is 25.3 Å². The Morgan fingerprint density at radius 3 is 2.90 bits per heavy atom. The van der Waals surface area contributed by atoms with Crippen molar-refractivity contribution < 1.29 is 14.2 Å². The number of nitrogens with two attached hydrogens (primary N) is 1. The van der Waals surface area contributed by atoms with E-state index < -0.39 is 0 Å². The molecule has 8 nitrogen and oxygen atoms in total. The fourth-order valence-electron chi connectivity index (χ4n) is 3.02. The Morgan fingerprint density at radius 1 is 1.17 bits per heavy atom. The monoisotopic (exact) mass is 427 g/mol. The fraction of sp³-hybridized carbons (Fsp3) is 0.105. The van der Waals surface area contributed by atoms with Gasteiger partial charge in [-0.3, -0.25) is 0 Å². The maximum absolute atomic E-state index is 6.33. The Kier molecular flexibility index (Phi) is 4.26. The van der Waals surface area contributed by atoms with E-state index in [0.29, 0.717) is 38.7 Å². The Hall–Kier alpha value is -3.30. The van der Waals surface area contributed by atoms with Crippen molar-refractivity contribution >= 4 is 28.8 Å². The lowest BCUT2D eigenvalue weighted by atomic mass is 10.1. The van der Waals surface area contributed by atoms with Crippen molar-refractivity contribution in [3.05, 3.63) is 46.8 Å². The Balaban J connectivity index is 1.52. The third kappa shape index (κ3) is 3.04. The third-order valence-corrected chi connectivity index (χ3v) is 5.53. The number of hydrogen-bond acceptors (Lipinski definition) is 8. The minimum Gasteiger partial charge on any atom is -0.494 e. The maximum Gasteiger partial charge on any atom is 0.231 e. The predicted octanol–water partition coefficient (Wildman–Crippen LogP) is 4.03. The van der Waals surface area contributed by atoms with Crippen molar-refractivity contribution in [3.8, 4) is 44.9 Å². The summed E-state index contributed by atoms with van der Waals surface area (Å²) in [4.78, 5) is 4.67. The summed E-state index contributed by atoms with van der Waals surface area (Å²) in [7, 11) is 1.57. The van der Waals surface area contributed by atoms with Gasteiger partial charge < -0.3 is 19.9 Å². The van der Waals surface area contributed by atoms with E-state index in [0.717, 1.165) is 17.0 Å². The van der Waals surface area contributed by atoms with E-state index >= 15 is 0 Å². The van der Waals surface area contributed by atoms with Crippen LogP contribution >= 0.6 is 22.9 Å². The van der Waals surface area contributed by atoms with Crippen LogP contribution in [0.1, 0.15) is 0 Å². The summed E-state index contributed by atoms with van der Waals surface area (Å²) in [6, 6.07) is 10.9. The van der Waals surface area contributed by atoms with E-state index in [9.17, 15) is 0 Å². The average Bonchev–Trinajstić information content (AvgIpc) is 3.46. The Bertz CT molecular complexity index is 1220. The molecule has 5 rings (SSSR count). The number of anilines is 1. The van der Waals surface area contributed by atoms with E-state index in [-0.39, 0.29) is 6.79 Å². The van der Waals surface area contributed by atoms with Crippen molar-refractivity contribution in [2.45, 2.75) is 0 Å². The second-order valence-electron chi connectivity index (χ2n) is 6.16. The molecule has 0 radical (unpaired) electrons. The van der Waals surface area contributed by atoms with Gasteiger partial charge in [0.1, 0.15) is 16.4 Å². The van der Waals surface area contributed by atoms with Crippen LogP contribution in [0.2, 0.25) is 5.02 Å². The zero-order chi connectivity index (χ0) is 20.0. The fourth-order valence-corrected chi connectivity index (χ4v) is 4.01. The molecule has 0 fully saturated rings. The number of nitrogens with zero attached hydrogens (tertiary/aromatic N) is 4. The van der Waals surface area contributed by atoms with Crippen molar-refractivity contribution in [2.24, 2.45) is 0 Å². The van der Waals surface area contributed by atoms with Crippen LogP contribution in [0.3, 0.4) is 0 Å². The van der Waals surface area contributed by atoms with E-state index in [1.807, 2.05) is 23.6 Å². The van der Waals surface area contributed by atoms with Gasteiger partial charge in [-0.25, -0.2) is 4.98 Å². The first-order valence-corrected chi connectivity index (χ1v) is 9.81. The van der Waals surface area contributed by atoms with Gasteiger partial charge in [0, 0.05) is 16.0 Å². The summed E-state index contributed by atoms with van der Waals surface area (Å²) in [5.74, 6) is 2.36. The summed E-state index contributed by atoms with van der Waals surface area (Å²) < 4.78 is 17.7. The van der Waals surface area contributed by atoms with E-state index in [4.69, 9.17) is 31.5 Å². The van der Waals surface area contributed by atoms with E-state index in [2.05, 4.69) is 15.3 Å². The Labute approximate surface area is 174 Å². The molecule has 0 atom stereocenters. The van der Waals surface area contributed by atoms with Gasteiger partial charge in [0.25, 0.3) is 0 Å². The second-order valence-corrected chi connectivity index (χ2v) is 7.45. The molecule has 10 heteroatoms. The van der Waals surface area contributed by atoms with Crippen LogP contribution in [0.5, 0.6) is 17.2 Å². The summed E-state index contributed by atoms with van der Waals surface area (Å²) >= 11 is 7.55. The summed E-state index contributed by atoms with van der Waals surface area (Å²) in [5, 5.41) is 11.5. The molecular formula is C19H14ClN5O3S. The number of thiazole rings is 1. The molecule has 1 aliphatic heterocycles. The van der Waals surface area contributed by atoms with E-state index in [1.165, 1.54) is 16.0 Å². The number of hydrogen-bond donors (Lipinski definition) is 1. The van der Waals surface area contributed by atoms with Gasteiger partial charge >= 0.3 is 0 Å². The highest BCUT2D eigenvalue weighted by Gasteiger charge is 2.20. The van der Waals surface area contributed by atoms with Crippen molar-refractivity contribution in [1.29, 1.82) is 0 Å². The van der Waals surface area contributed by atoms with Gasteiger partial charge in [-0.1, -0.05) is 16.8 Å². The number of rotatable bonds is 4. The third-order valence-electron chi connectivity index (χ3n) is 4.45. The predicted molar refractivity (Wildman–Crippen MR) is 110 cm³/mol. The van der Waals surface area contributed by atoms with Gasteiger partial charge in [-0.05, 0) is 36.4 Å². The molecule has 3 heterocycles. The molecule has 0 aliphatic carbocycles. The highest BCUT2D eigenvalue weighted by atomic mass is 35.5. The van der Waals surface area contributed by atoms with Gasteiger partial charge in [0.2, 0.25) is 6.79 Å². The summed E-state index contributed by atoms with van der Waals surface area (Å²) in [5.41, 5.74) is 9.13. The minimum atomic E-state index is 0.230. The smallest absolute Gasteiger partial charge is 0.231 e. The normalized spacial score (nSPS) is 12.3. The highest BCUT2D eigenvalue weighted by Crippen LogP contribution is 2.38.